The molecular weight excluding hydrogens is 278 g/mol. The van der Waals surface area contributed by atoms with Crippen LogP contribution in [0.1, 0.15) is 37.3 Å². The third-order valence-corrected chi connectivity index (χ3v) is 4.60. The molecule has 1 saturated carbocycles. The zero-order valence-corrected chi connectivity index (χ0v) is 13.0. The van der Waals surface area contributed by atoms with E-state index in [2.05, 4.69) is 12.1 Å². The molecule has 0 saturated heterocycles. The molecule has 0 radical (unpaired) electrons. The number of hydrogen-bond acceptors (Lipinski definition) is 4. The first kappa shape index (κ1) is 14.8. The fourth-order valence-corrected chi connectivity index (χ4v) is 3.27. The van der Waals surface area contributed by atoms with Crippen LogP contribution in [0.5, 0.6) is 5.75 Å². The first-order valence-corrected chi connectivity index (χ1v) is 7.74. The zero-order chi connectivity index (χ0) is 15.5. The number of aromatic nitrogens is 1. The van der Waals surface area contributed by atoms with Crippen molar-refractivity contribution in [3.63, 3.8) is 0 Å². The Balaban J connectivity index is 1.76. The minimum atomic E-state index is -0.0722. The standard InChI is InChI=1S/C18H21NO3/c1-21-15-8-10-17-14(11-15)7-9-16(19-17)12-3-5-13(6-4-12)18(20)22-2/h7-13H,3-6H2,1-2H3/t12-,13-. The number of pyridine rings is 1. The van der Waals surface area contributed by atoms with Crippen LogP contribution in [-0.2, 0) is 9.53 Å². The van der Waals surface area contributed by atoms with Crippen LogP contribution < -0.4 is 4.74 Å². The van der Waals surface area contributed by atoms with Crippen LogP contribution in [0.4, 0.5) is 0 Å². The second-order valence-corrected chi connectivity index (χ2v) is 5.87. The lowest BCUT2D eigenvalue weighted by Crippen LogP contribution is -2.22. The van der Waals surface area contributed by atoms with E-state index in [-0.39, 0.29) is 11.9 Å². The van der Waals surface area contributed by atoms with Crippen LogP contribution in [-0.4, -0.2) is 25.2 Å². The van der Waals surface area contributed by atoms with E-state index in [0.717, 1.165) is 48.0 Å². The molecule has 1 fully saturated rings. The molecule has 0 unspecified atom stereocenters. The molecule has 1 aromatic heterocycles. The van der Waals surface area contributed by atoms with Gasteiger partial charge < -0.3 is 9.47 Å². The number of methoxy groups -OCH3 is 2. The summed E-state index contributed by atoms with van der Waals surface area (Å²) in [5.74, 6) is 1.27. The largest absolute Gasteiger partial charge is 0.497 e. The predicted molar refractivity (Wildman–Crippen MR) is 85.0 cm³/mol. The molecule has 4 heteroatoms. The molecule has 4 nitrogen and oxygen atoms in total. The Kier molecular flexibility index (Phi) is 4.27. The molecule has 0 atom stereocenters. The summed E-state index contributed by atoms with van der Waals surface area (Å²) in [5.41, 5.74) is 2.12. The molecule has 1 heterocycles. The van der Waals surface area contributed by atoms with Crippen molar-refractivity contribution in [2.45, 2.75) is 31.6 Å². The average Bonchev–Trinajstić information content (AvgIpc) is 2.60. The van der Waals surface area contributed by atoms with Gasteiger partial charge in [-0.25, -0.2) is 0 Å². The van der Waals surface area contributed by atoms with Gasteiger partial charge in [-0.15, -0.1) is 0 Å². The summed E-state index contributed by atoms with van der Waals surface area (Å²) in [5, 5.41) is 1.09. The Morgan fingerprint density at radius 2 is 1.86 bits per heavy atom. The average molecular weight is 299 g/mol. The lowest BCUT2D eigenvalue weighted by molar-refractivity contribution is -0.146. The number of hydrogen-bond donors (Lipinski definition) is 0. The van der Waals surface area contributed by atoms with Gasteiger partial charge in [0.1, 0.15) is 5.75 Å². The third kappa shape index (κ3) is 2.91. The Morgan fingerprint density at radius 3 is 2.55 bits per heavy atom. The monoisotopic (exact) mass is 299 g/mol. The quantitative estimate of drug-likeness (QED) is 0.811. The van der Waals surface area contributed by atoms with E-state index in [1.807, 2.05) is 18.2 Å². The number of carbonyl (C=O) groups excluding carboxylic acids is 1. The first-order chi connectivity index (χ1) is 10.7. The van der Waals surface area contributed by atoms with Gasteiger partial charge in [-0.1, -0.05) is 6.07 Å². The molecule has 1 aliphatic rings. The molecule has 0 spiro atoms. The lowest BCUT2D eigenvalue weighted by Gasteiger charge is -2.26. The van der Waals surface area contributed by atoms with Gasteiger partial charge in [-0.05, 0) is 49.9 Å². The topological polar surface area (TPSA) is 48.4 Å². The van der Waals surface area contributed by atoms with Crippen molar-refractivity contribution >= 4 is 16.9 Å². The van der Waals surface area contributed by atoms with Gasteiger partial charge >= 0.3 is 5.97 Å². The van der Waals surface area contributed by atoms with Gasteiger partial charge in [0.05, 0.1) is 25.7 Å². The van der Waals surface area contributed by atoms with E-state index >= 15 is 0 Å². The number of esters is 1. The van der Waals surface area contributed by atoms with Crippen molar-refractivity contribution in [1.82, 2.24) is 4.98 Å². The number of rotatable bonds is 3. The second-order valence-electron chi connectivity index (χ2n) is 5.87. The molecular formula is C18H21NO3. The highest BCUT2D eigenvalue weighted by molar-refractivity contribution is 5.80. The van der Waals surface area contributed by atoms with Crippen molar-refractivity contribution in [2.24, 2.45) is 5.92 Å². The maximum absolute atomic E-state index is 11.6. The van der Waals surface area contributed by atoms with Crippen LogP contribution in [0.2, 0.25) is 0 Å². The molecule has 22 heavy (non-hydrogen) atoms. The van der Waals surface area contributed by atoms with Crippen molar-refractivity contribution in [3.05, 3.63) is 36.0 Å². The van der Waals surface area contributed by atoms with E-state index in [9.17, 15) is 4.79 Å². The number of ether oxygens (including phenoxy) is 2. The molecule has 116 valence electrons. The Labute approximate surface area is 130 Å². The van der Waals surface area contributed by atoms with Crippen LogP contribution >= 0.6 is 0 Å². The van der Waals surface area contributed by atoms with E-state index in [1.165, 1.54) is 7.11 Å². The van der Waals surface area contributed by atoms with Crippen LogP contribution in [0.15, 0.2) is 30.3 Å². The van der Waals surface area contributed by atoms with Gasteiger partial charge in [0.2, 0.25) is 0 Å². The van der Waals surface area contributed by atoms with Crippen LogP contribution in [0.3, 0.4) is 0 Å². The van der Waals surface area contributed by atoms with Gasteiger partial charge in [-0.3, -0.25) is 9.78 Å². The molecule has 1 aromatic carbocycles. The highest BCUT2D eigenvalue weighted by Gasteiger charge is 2.28. The molecule has 3 rings (SSSR count). The van der Waals surface area contributed by atoms with Crippen molar-refractivity contribution in [2.75, 3.05) is 14.2 Å². The summed E-state index contributed by atoms with van der Waals surface area (Å²) < 4.78 is 10.1. The van der Waals surface area contributed by atoms with Gasteiger partial charge in [0.25, 0.3) is 0 Å². The lowest BCUT2D eigenvalue weighted by atomic mass is 9.80. The van der Waals surface area contributed by atoms with Crippen molar-refractivity contribution in [3.8, 4) is 5.75 Å². The molecule has 0 aliphatic heterocycles. The van der Waals surface area contributed by atoms with Gasteiger partial charge in [0.15, 0.2) is 0 Å². The molecule has 0 N–H and O–H groups in total. The van der Waals surface area contributed by atoms with Gasteiger partial charge in [0, 0.05) is 17.0 Å². The maximum Gasteiger partial charge on any atom is 0.308 e. The number of fused-ring (bicyclic) bond motifs is 1. The van der Waals surface area contributed by atoms with E-state index in [1.54, 1.807) is 7.11 Å². The first-order valence-electron chi connectivity index (χ1n) is 7.74. The number of carbonyl (C=O) groups is 1. The van der Waals surface area contributed by atoms with E-state index in [0.29, 0.717) is 5.92 Å². The minimum absolute atomic E-state index is 0.0611. The zero-order valence-electron chi connectivity index (χ0n) is 13.0. The number of benzene rings is 1. The fraction of sp³-hybridized carbons (Fsp3) is 0.444. The van der Waals surface area contributed by atoms with Crippen molar-refractivity contribution in [1.29, 1.82) is 0 Å². The van der Waals surface area contributed by atoms with Gasteiger partial charge in [-0.2, -0.15) is 0 Å². The van der Waals surface area contributed by atoms with Crippen LogP contribution in [0, 0.1) is 5.92 Å². The van der Waals surface area contributed by atoms with Crippen LogP contribution in [0.25, 0.3) is 10.9 Å². The van der Waals surface area contributed by atoms with Crippen molar-refractivity contribution < 1.29 is 14.3 Å². The van der Waals surface area contributed by atoms with E-state index in [4.69, 9.17) is 14.5 Å². The molecule has 1 aliphatic carbocycles. The molecule has 2 aromatic rings. The normalized spacial score (nSPS) is 21.5. The summed E-state index contributed by atoms with van der Waals surface area (Å²) >= 11 is 0. The third-order valence-electron chi connectivity index (χ3n) is 4.60. The van der Waals surface area contributed by atoms with E-state index < -0.39 is 0 Å². The smallest absolute Gasteiger partial charge is 0.308 e. The fourth-order valence-electron chi connectivity index (χ4n) is 3.27. The summed E-state index contributed by atoms with van der Waals surface area (Å²) in [7, 11) is 3.14. The minimum Gasteiger partial charge on any atom is -0.497 e. The number of nitrogens with zero attached hydrogens (tertiary/aromatic N) is 1. The summed E-state index contributed by atoms with van der Waals surface area (Å²) in [6.07, 6.45) is 3.77. The summed E-state index contributed by atoms with van der Waals surface area (Å²) in [4.78, 5) is 16.4. The molecule has 0 bridgehead atoms. The second kappa shape index (κ2) is 6.34. The summed E-state index contributed by atoms with van der Waals surface area (Å²) in [6.45, 7) is 0. The summed E-state index contributed by atoms with van der Waals surface area (Å²) in [6, 6.07) is 10.1. The Bertz CT molecular complexity index is 675. The Hall–Kier alpha value is -2.10. The SMILES string of the molecule is COc1ccc2nc([C@H]3CC[C@H](C(=O)OC)CC3)ccc2c1. The Morgan fingerprint density at radius 1 is 1.09 bits per heavy atom. The highest BCUT2D eigenvalue weighted by atomic mass is 16.5. The molecule has 0 amide bonds. The maximum atomic E-state index is 11.6. The highest BCUT2D eigenvalue weighted by Crippen LogP contribution is 2.36. The predicted octanol–water partition coefficient (Wildman–Crippen LogP) is 3.69.